The molecule has 0 aliphatic heterocycles. The standard InChI is InChI=1S/C13H14N4O/c1-10(11-6-4-3-5-7-11)17-13(9-18-2)12(8-14)15-16-17/h3-7,10H,9H2,1-2H3. The first-order valence-corrected chi connectivity index (χ1v) is 5.66. The molecule has 0 fully saturated rings. The molecule has 1 heterocycles. The van der Waals surface area contributed by atoms with Crippen LogP contribution in [-0.4, -0.2) is 22.1 Å². The first-order chi connectivity index (χ1) is 8.77. The molecule has 0 saturated carbocycles. The largest absolute Gasteiger partial charge is 0.378 e. The van der Waals surface area contributed by atoms with Gasteiger partial charge in [-0.2, -0.15) is 5.26 Å². The van der Waals surface area contributed by atoms with Crippen LogP contribution >= 0.6 is 0 Å². The number of methoxy groups -OCH3 is 1. The molecule has 2 rings (SSSR count). The Morgan fingerprint density at radius 3 is 2.72 bits per heavy atom. The third-order valence-electron chi connectivity index (χ3n) is 2.83. The molecule has 0 spiro atoms. The highest BCUT2D eigenvalue weighted by molar-refractivity contribution is 5.27. The van der Waals surface area contributed by atoms with Gasteiger partial charge in [0.25, 0.3) is 0 Å². The summed E-state index contributed by atoms with van der Waals surface area (Å²) >= 11 is 0. The van der Waals surface area contributed by atoms with Gasteiger partial charge in [0, 0.05) is 7.11 Å². The highest BCUT2D eigenvalue weighted by atomic mass is 16.5. The van der Waals surface area contributed by atoms with E-state index >= 15 is 0 Å². The Morgan fingerprint density at radius 2 is 2.11 bits per heavy atom. The van der Waals surface area contributed by atoms with Gasteiger partial charge in [-0.25, -0.2) is 4.68 Å². The summed E-state index contributed by atoms with van der Waals surface area (Å²) in [5, 5.41) is 16.9. The predicted molar refractivity (Wildman–Crippen MR) is 65.7 cm³/mol. The van der Waals surface area contributed by atoms with Crippen LogP contribution in [0.1, 0.15) is 29.9 Å². The van der Waals surface area contributed by atoms with E-state index in [2.05, 4.69) is 10.3 Å². The summed E-state index contributed by atoms with van der Waals surface area (Å²) < 4.78 is 6.84. The van der Waals surface area contributed by atoms with Crippen molar-refractivity contribution in [3.63, 3.8) is 0 Å². The average Bonchev–Trinajstić information content (AvgIpc) is 2.82. The van der Waals surface area contributed by atoms with E-state index in [9.17, 15) is 0 Å². The quantitative estimate of drug-likeness (QED) is 0.821. The van der Waals surface area contributed by atoms with Crippen LogP contribution in [0.15, 0.2) is 30.3 Å². The lowest BCUT2D eigenvalue weighted by molar-refractivity contribution is 0.175. The van der Waals surface area contributed by atoms with Gasteiger partial charge in [-0.15, -0.1) is 5.10 Å². The van der Waals surface area contributed by atoms with E-state index in [1.807, 2.05) is 43.3 Å². The molecule has 1 aromatic heterocycles. The molecule has 5 heteroatoms. The molecule has 18 heavy (non-hydrogen) atoms. The monoisotopic (exact) mass is 242 g/mol. The van der Waals surface area contributed by atoms with Gasteiger partial charge < -0.3 is 4.74 Å². The summed E-state index contributed by atoms with van der Waals surface area (Å²) in [6, 6.07) is 12.0. The van der Waals surface area contributed by atoms with Crippen molar-refractivity contribution in [2.24, 2.45) is 0 Å². The van der Waals surface area contributed by atoms with Gasteiger partial charge in [0.15, 0.2) is 5.69 Å². The summed E-state index contributed by atoms with van der Waals surface area (Å²) in [6.07, 6.45) is 0. The Balaban J connectivity index is 2.39. The second kappa shape index (κ2) is 5.43. The van der Waals surface area contributed by atoms with Gasteiger partial charge in [-0.1, -0.05) is 35.5 Å². The van der Waals surface area contributed by atoms with Crippen LogP contribution < -0.4 is 0 Å². The molecule has 0 radical (unpaired) electrons. The minimum absolute atomic E-state index is 0.0194. The Hall–Kier alpha value is -2.19. The van der Waals surface area contributed by atoms with E-state index in [-0.39, 0.29) is 6.04 Å². The Labute approximate surface area is 106 Å². The normalized spacial score (nSPS) is 12.1. The van der Waals surface area contributed by atoms with Crippen LogP contribution in [0.2, 0.25) is 0 Å². The van der Waals surface area contributed by atoms with Crippen LogP contribution in [0.3, 0.4) is 0 Å². The molecule has 0 amide bonds. The van der Waals surface area contributed by atoms with Gasteiger partial charge >= 0.3 is 0 Å². The minimum atomic E-state index is 0.0194. The second-order valence-electron chi connectivity index (χ2n) is 3.96. The lowest BCUT2D eigenvalue weighted by Gasteiger charge is -2.14. The SMILES string of the molecule is COCc1c(C#N)nnn1C(C)c1ccccc1. The Kier molecular flexibility index (Phi) is 3.70. The predicted octanol–water partition coefficient (Wildman–Crippen LogP) is 1.91. The van der Waals surface area contributed by atoms with Crippen molar-refractivity contribution in [3.05, 3.63) is 47.3 Å². The summed E-state index contributed by atoms with van der Waals surface area (Å²) in [6.45, 7) is 2.34. The Morgan fingerprint density at radius 1 is 1.39 bits per heavy atom. The van der Waals surface area contributed by atoms with Crippen LogP contribution in [0.5, 0.6) is 0 Å². The first kappa shape index (κ1) is 12.3. The smallest absolute Gasteiger partial charge is 0.188 e. The zero-order valence-electron chi connectivity index (χ0n) is 10.4. The molecule has 5 nitrogen and oxygen atoms in total. The number of nitriles is 1. The molecule has 1 atom stereocenters. The Bertz CT molecular complexity index is 556. The first-order valence-electron chi connectivity index (χ1n) is 5.66. The molecule has 1 aromatic carbocycles. The van der Waals surface area contributed by atoms with E-state index in [4.69, 9.17) is 10.00 Å². The number of nitrogens with zero attached hydrogens (tertiary/aromatic N) is 4. The topological polar surface area (TPSA) is 63.7 Å². The number of hydrogen-bond acceptors (Lipinski definition) is 4. The van der Waals surface area contributed by atoms with Crippen molar-refractivity contribution in [1.29, 1.82) is 5.26 Å². The zero-order chi connectivity index (χ0) is 13.0. The van der Waals surface area contributed by atoms with Crippen LogP contribution in [0, 0.1) is 11.3 Å². The van der Waals surface area contributed by atoms with Crippen LogP contribution in [0.4, 0.5) is 0 Å². The number of aromatic nitrogens is 3. The van der Waals surface area contributed by atoms with Crippen LogP contribution in [-0.2, 0) is 11.3 Å². The lowest BCUT2D eigenvalue weighted by Crippen LogP contribution is -2.13. The number of hydrogen-bond donors (Lipinski definition) is 0. The maximum atomic E-state index is 8.99. The van der Waals surface area contributed by atoms with E-state index in [0.717, 1.165) is 5.56 Å². The van der Waals surface area contributed by atoms with Crippen molar-refractivity contribution >= 4 is 0 Å². The van der Waals surface area contributed by atoms with Gasteiger partial charge in [-0.05, 0) is 12.5 Å². The third kappa shape index (κ3) is 2.24. The summed E-state index contributed by atoms with van der Waals surface area (Å²) in [7, 11) is 1.59. The fourth-order valence-corrected chi connectivity index (χ4v) is 1.86. The fraction of sp³-hybridized carbons (Fsp3) is 0.308. The number of benzene rings is 1. The van der Waals surface area contributed by atoms with Gasteiger partial charge in [0.05, 0.1) is 12.6 Å². The van der Waals surface area contributed by atoms with Crippen molar-refractivity contribution in [2.75, 3.05) is 7.11 Å². The van der Waals surface area contributed by atoms with Crippen molar-refractivity contribution in [2.45, 2.75) is 19.6 Å². The van der Waals surface area contributed by atoms with Gasteiger partial charge in [0.2, 0.25) is 0 Å². The van der Waals surface area contributed by atoms with Crippen molar-refractivity contribution in [3.8, 4) is 6.07 Å². The van der Waals surface area contributed by atoms with E-state index in [1.165, 1.54) is 0 Å². The molecular weight excluding hydrogens is 228 g/mol. The molecular formula is C13H14N4O. The molecule has 1 unspecified atom stereocenters. The third-order valence-corrected chi connectivity index (χ3v) is 2.83. The molecule has 0 aliphatic carbocycles. The van der Waals surface area contributed by atoms with Crippen molar-refractivity contribution < 1.29 is 4.74 Å². The highest BCUT2D eigenvalue weighted by Crippen LogP contribution is 2.19. The van der Waals surface area contributed by atoms with Gasteiger partial charge in [-0.3, -0.25) is 0 Å². The molecule has 0 aliphatic rings. The van der Waals surface area contributed by atoms with Crippen LogP contribution in [0.25, 0.3) is 0 Å². The number of ether oxygens (including phenoxy) is 1. The highest BCUT2D eigenvalue weighted by Gasteiger charge is 2.17. The maximum Gasteiger partial charge on any atom is 0.188 e. The molecule has 92 valence electrons. The fourth-order valence-electron chi connectivity index (χ4n) is 1.86. The van der Waals surface area contributed by atoms with Gasteiger partial charge in [0.1, 0.15) is 11.8 Å². The van der Waals surface area contributed by atoms with Crippen molar-refractivity contribution in [1.82, 2.24) is 15.0 Å². The molecule has 2 aromatic rings. The average molecular weight is 242 g/mol. The minimum Gasteiger partial charge on any atom is -0.378 e. The second-order valence-corrected chi connectivity index (χ2v) is 3.96. The van der Waals surface area contributed by atoms with E-state index in [0.29, 0.717) is 18.0 Å². The number of rotatable bonds is 4. The molecule has 0 saturated heterocycles. The molecule has 0 bridgehead atoms. The lowest BCUT2D eigenvalue weighted by atomic mass is 10.1. The maximum absolute atomic E-state index is 8.99. The summed E-state index contributed by atoms with van der Waals surface area (Å²) in [4.78, 5) is 0. The zero-order valence-corrected chi connectivity index (χ0v) is 10.4. The van der Waals surface area contributed by atoms with E-state index in [1.54, 1.807) is 11.8 Å². The summed E-state index contributed by atoms with van der Waals surface area (Å²) in [5.74, 6) is 0. The summed E-state index contributed by atoms with van der Waals surface area (Å²) in [5.41, 5.74) is 2.14. The molecule has 0 N–H and O–H groups in total. The van der Waals surface area contributed by atoms with E-state index < -0.39 is 0 Å².